The molecule has 0 aliphatic heterocycles. The fourth-order valence-corrected chi connectivity index (χ4v) is 1.31. The number of aliphatic hydroxyl groups excluding tert-OH is 1. The Kier molecular flexibility index (Phi) is 11.5. The van der Waals surface area contributed by atoms with Crippen LogP contribution in [0, 0.1) is 0 Å². The Hall–Kier alpha value is -0.340. The molecule has 1 atom stereocenters. The van der Waals surface area contributed by atoms with E-state index in [1.165, 1.54) is 25.7 Å². The molecule has 90 valence electrons. The smallest absolute Gasteiger partial charge is 0.0745 e. The van der Waals surface area contributed by atoms with Gasteiger partial charge in [0.1, 0.15) is 0 Å². The maximum Gasteiger partial charge on any atom is 0.0745 e. The topological polar surface area (TPSA) is 29.5 Å². The monoisotopic (exact) mass is 214 g/mol. The summed E-state index contributed by atoms with van der Waals surface area (Å²) in [4.78, 5) is 0. The van der Waals surface area contributed by atoms with E-state index in [0.717, 1.165) is 19.4 Å². The number of hydrogen-bond donors (Lipinski definition) is 1. The first-order valence-electron chi connectivity index (χ1n) is 6.18. The molecule has 0 spiro atoms. The van der Waals surface area contributed by atoms with Gasteiger partial charge in [-0.1, -0.05) is 31.9 Å². The largest absolute Gasteiger partial charge is 0.391 e. The maximum absolute atomic E-state index is 8.94. The Balaban J connectivity index is 3.03. The van der Waals surface area contributed by atoms with Crippen molar-refractivity contribution in [1.29, 1.82) is 0 Å². The summed E-state index contributed by atoms with van der Waals surface area (Å²) in [5, 5.41) is 8.94. The Morgan fingerprint density at radius 2 is 1.80 bits per heavy atom. The van der Waals surface area contributed by atoms with Gasteiger partial charge in [0.25, 0.3) is 0 Å². The Bertz CT molecular complexity index is 141. The molecular formula is C13H26O2. The van der Waals surface area contributed by atoms with Crippen molar-refractivity contribution < 1.29 is 9.84 Å². The zero-order valence-corrected chi connectivity index (χ0v) is 10.2. The molecular weight excluding hydrogens is 188 g/mol. The second-order valence-electron chi connectivity index (χ2n) is 4.03. The lowest BCUT2D eigenvalue weighted by Gasteiger charge is -2.04. The predicted molar refractivity (Wildman–Crippen MR) is 65.0 cm³/mol. The van der Waals surface area contributed by atoms with Crippen LogP contribution in [0.1, 0.15) is 52.4 Å². The highest BCUT2D eigenvalue weighted by Gasteiger charge is 1.93. The molecule has 0 fully saturated rings. The first-order valence-corrected chi connectivity index (χ1v) is 6.18. The molecule has 0 aromatic heterocycles. The molecule has 2 heteroatoms. The third-order valence-corrected chi connectivity index (χ3v) is 2.16. The summed E-state index contributed by atoms with van der Waals surface area (Å²) in [5.74, 6) is 0. The van der Waals surface area contributed by atoms with Gasteiger partial charge in [-0.25, -0.2) is 0 Å². The molecule has 2 nitrogen and oxygen atoms in total. The van der Waals surface area contributed by atoms with Gasteiger partial charge in [-0.2, -0.15) is 0 Å². The van der Waals surface area contributed by atoms with E-state index in [2.05, 4.69) is 19.1 Å². The average Bonchev–Trinajstić information content (AvgIpc) is 2.20. The summed E-state index contributed by atoms with van der Waals surface area (Å²) < 4.78 is 5.26. The zero-order valence-electron chi connectivity index (χ0n) is 10.2. The van der Waals surface area contributed by atoms with Gasteiger partial charge in [0.05, 0.1) is 12.7 Å². The summed E-state index contributed by atoms with van der Waals surface area (Å²) in [5.41, 5.74) is 0. The molecule has 0 aliphatic carbocycles. The van der Waals surface area contributed by atoms with Gasteiger partial charge in [-0.05, 0) is 32.6 Å². The summed E-state index contributed by atoms with van der Waals surface area (Å²) in [7, 11) is 0. The van der Waals surface area contributed by atoms with Crippen molar-refractivity contribution >= 4 is 0 Å². The van der Waals surface area contributed by atoms with Crippen LogP contribution in [-0.2, 0) is 4.74 Å². The molecule has 15 heavy (non-hydrogen) atoms. The van der Waals surface area contributed by atoms with E-state index in [1.54, 1.807) is 6.92 Å². The van der Waals surface area contributed by atoms with E-state index in [4.69, 9.17) is 9.84 Å². The predicted octanol–water partition coefficient (Wildman–Crippen LogP) is 3.30. The van der Waals surface area contributed by atoms with Crippen LogP contribution < -0.4 is 0 Å². The summed E-state index contributed by atoms with van der Waals surface area (Å²) in [6.45, 7) is 5.18. The van der Waals surface area contributed by atoms with Crippen LogP contribution in [0.15, 0.2) is 12.2 Å². The minimum Gasteiger partial charge on any atom is -0.391 e. The third kappa shape index (κ3) is 13.7. The van der Waals surface area contributed by atoms with Gasteiger partial charge in [0.2, 0.25) is 0 Å². The van der Waals surface area contributed by atoms with Crippen LogP contribution in [0.25, 0.3) is 0 Å². The van der Waals surface area contributed by atoms with Gasteiger partial charge in [-0.15, -0.1) is 0 Å². The van der Waals surface area contributed by atoms with Crippen molar-refractivity contribution in [2.24, 2.45) is 0 Å². The minimum atomic E-state index is -0.338. The van der Waals surface area contributed by atoms with E-state index >= 15 is 0 Å². The van der Waals surface area contributed by atoms with Crippen molar-refractivity contribution in [3.05, 3.63) is 12.2 Å². The molecule has 1 unspecified atom stereocenters. The number of unbranched alkanes of at least 4 members (excludes halogenated alkanes) is 4. The summed E-state index contributed by atoms with van der Waals surface area (Å²) in [6, 6.07) is 0. The van der Waals surface area contributed by atoms with Gasteiger partial charge < -0.3 is 9.84 Å². The Labute approximate surface area is 94.3 Å². The molecule has 0 saturated heterocycles. The standard InChI is InChI=1S/C13H26O2/c1-3-4-5-6-7-8-9-10-11-15-12-13(2)14/h7-8,13-14H,3-6,9-12H2,1-2H3. The van der Waals surface area contributed by atoms with Crippen molar-refractivity contribution in [3.63, 3.8) is 0 Å². The van der Waals surface area contributed by atoms with E-state index in [9.17, 15) is 0 Å². The number of ether oxygens (including phenoxy) is 1. The summed E-state index contributed by atoms with van der Waals surface area (Å²) >= 11 is 0. The molecule has 0 aromatic rings. The normalized spacial score (nSPS) is 13.5. The van der Waals surface area contributed by atoms with Gasteiger partial charge in [0.15, 0.2) is 0 Å². The van der Waals surface area contributed by atoms with Crippen LogP contribution >= 0.6 is 0 Å². The van der Waals surface area contributed by atoms with Gasteiger partial charge in [0, 0.05) is 6.61 Å². The number of allylic oxidation sites excluding steroid dienone is 2. The quantitative estimate of drug-likeness (QED) is 0.446. The highest BCUT2D eigenvalue weighted by Crippen LogP contribution is 2.01. The zero-order chi connectivity index (χ0) is 11.4. The lowest BCUT2D eigenvalue weighted by molar-refractivity contribution is 0.0455. The lowest BCUT2D eigenvalue weighted by atomic mass is 10.2. The first kappa shape index (κ1) is 14.7. The van der Waals surface area contributed by atoms with E-state index < -0.39 is 0 Å². The highest BCUT2D eigenvalue weighted by molar-refractivity contribution is 4.81. The van der Waals surface area contributed by atoms with Crippen LogP contribution in [0.2, 0.25) is 0 Å². The molecule has 0 radical (unpaired) electrons. The molecule has 0 bridgehead atoms. The maximum atomic E-state index is 8.94. The Morgan fingerprint density at radius 3 is 2.40 bits per heavy atom. The summed E-state index contributed by atoms with van der Waals surface area (Å²) in [6.07, 6.45) is 11.5. The molecule has 0 heterocycles. The van der Waals surface area contributed by atoms with Crippen molar-refractivity contribution in [1.82, 2.24) is 0 Å². The molecule has 0 aromatic carbocycles. The molecule has 0 saturated carbocycles. The fraction of sp³-hybridized carbons (Fsp3) is 0.846. The van der Waals surface area contributed by atoms with Gasteiger partial charge >= 0.3 is 0 Å². The molecule has 1 N–H and O–H groups in total. The number of aliphatic hydroxyl groups is 1. The van der Waals surface area contributed by atoms with E-state index in [1.807, 2.05) is 0 Å². The molecule has 0 amide bonds. The van der Waals surface area contributed by atoms with Crippen molar-refractivity contribution in [2.75, 3.05) is 13.2 Å². The lowest BCUT2D eigenvalue weighted by Crippen LogP contribution is -2.10. The Morgan fingerprint density at radius 1 is 1.13 bits per heavy atom. The fourth-order valence-electron chi connectivity index (χ4n) is 1.31. The first-order chi connectivity index (χ1) is 7.27. The second kappa shape index (κ2) is 11.7. The van der Waals surface area contributed by atoms with Crippen LogP contribution in [-0.4, -0.2) is 24.4 Å². The molecule has 0 aliphatic rings. The van der Waals surface area contributed by atoms with Crippen molar-refractivity contribution in [3.8, 4) is 0 Å². The van der Waals surface area contributed by atoms with E-state index in [-0.39, 0.29) is 6.10 Å². The SMILES string of the molecule is CCCCCC=CCCCOCC(C)O. The van der Waals surface area contributed by atoms with Crippen LogP contribution in [0.4, 0.5) is 0 Å². The van der Waals surface area contributed by atoms with E-state index in [0.29, 0.717) is 6.61 Å². The third-order valence-electron chi connectivity index (χ3n) is 2.16. The van der Waals surface area contributed by atoms with Crippen LogP contribution in [0.3, 0.4) is 0 Å². The second-order valence-corrected chi connectivity index (χ2v) is 4.03. The van der Waals surface area contributed by atoms with Crippen molar-refractivity contribution in [2.45, 2.75) is 58.5 Å². The number of hydrogen-bond acceptors (Lipinski definition) is 2. The number of rotatable bonds is 10. The van der Waals surface area contributed by atoms with Gasteiger partial charge in [-0.3, -0.25) is 0 Å². The highest BCUT2D eigenvalue weighted by atomic mass is 16.5. The minimum absolute atomic E-state index is 0.338. The average molecular weight is 214 g/mol. The van der Waals surface area contributed by atoms with Crippen LogP contribution in [0.5, 0.6) is 0 Å². The molecule has 0 rings (SSSR count).